The SMILES string of the molecule is C=O.C=O.C=O.[Cl-].[Ir]. The van der Waals surface area contributed by atoms with E-state index in [0.29, 0.717) is 0 Å². The van der Waals surface area contributed by atoms with Crippen molar-refractivity contribution < 1.29 is 46.9 Å². The second kappa shape index (κ2) is 95900. The second-order valence-corrected chi connectivity index (χ2v) is 0. The van der Waals surface area contributed by atoms with Crippen LogP contribution in [-0.2, 0) is 34.5 Å². The van der Waals surface area contributed by atoms with Crippen LogP contribution >= 0.6 is 0 Å². The van der Waals surface area contributed by atoms with Crippen molar-refractivity contribution >= 4 is 20.4 Å². The summed E-state index contributed by atoms with van der Waals surface area (Å²) in [5, 5.41) is 0. The van der Waals surface area contributed by atoms with Gasteiger partial charge in [-0.1, -0.05) is 0 Å². The van der Waals surface area contributed by atoms with Crippen molar-refractivity contribution in [1.29, 1.82) is 0 Å². The molecule has 0 spiro atoms. The first kappa shape index (κ1) is 44.1. The topological polar surface area (TPSA) is 51.2 Å². The molecule has 0 saturated heterocycles. The Kier molecular flexibility index (Phi) is 529000. The summed E-state index contributed by atoms with van der Waals surface area (Å²) >= 11 is 0. The quantitative estimate of drug-likeness (QED) is 0.465. The van der Waals surface area contributed by atoms with E-state index in [1.165, 1.54) is 0 Å². The monoisotopic (exact) mass is 318 g/mol. The zero-order valence-electron chi connectivity index (χ0n) is 4.06. The van der Waals surface area contributed by atoms with Gasteiger partial charge in [0.2, 0.25) is 0 Å². The van der Waals surface area contributed by atoms with Gasteiger partial charge in [0.05, 0.1) is 0 Å². The Morgan fingerprint density at radius 1 is 0.625 bits per heavy atom. The van der Waals surface area contributed by atoms with Crippen molar-refractivity contribution in [1.82, 2.24) is 0 Å². The molecule has 1 radical (unpaired) electrons. The molecule has 0 rings (SSSR count). The van der Waals surface area contributed by atoms with Gasteiger partial charge in [-0.25, -0.2) is 0 Å². The van der Waals surface area contributed by atoms with Gasteiger partial charge in [0.1, 0.15) is 20.4 Å². The average molecular weight is 318 g/mol. The smallest absolute Gasteiger partial charge is 0.106 e. The van der Waals surface area contributed by atoms with E-state index in [4.69, 9.17) is 14.4 Å². The Bertz CT molecular complexity index is 19.2. The zero-order chi connectivity index (χ0) is 6.00. The summed E-state index contributed by atoms with van der Waals surface area (Å²) in [6.45, 7) is 6.00. The molecule has 0 N–H and O–H groups in total. The largest absolute Gasteiger partial charge is 1.00 e. The molecule has 8 heavy (non-hydrogen) atoms. The molecule has 0 aromatic rings. The van der Waals surface area contributed by atoms with Crippen LogP contribution in [0.25, 0.3) is 0 Å². The number of hydrogen-bond acceptors (Lipinski definition) is 3. The van der Waals surface area contributed by atoms with Gasteiger partial charge in [0, 0.05) is 20.1 Å². The molecule has 0 aromatic heterocycles. The molecule has 0 heterocycles. The van der Waals surface area contributed by atoms with Crippen LogP contribution in [0.2, 0.25) is 0 Å². The molecule has 5 heteroatoms. The third-order valence-electron chi connectivity index (χ3n) is 0. The Hall–Kier alpha value is -0.0506. The molecule has 0 aliphatic heterocycles. The number of carbonyl (C=O) groups is 3. The van der Waals surface area contributed by atoms with E-state index >= 15 is 0 Å². The van der Waals surface area contributed by atoms with E-state index < -0.39 is 0 Å². The number of rotatable bonds is 0. The minimum Gasteiger partial charge on any atom is -1.00 e. The summed E-state index contributed by atoms with van der Waals surface area (Å²) in [7, 11) is 0. The minimum atomic E-state index is 0. The van der Waals surface area contributed by atoms with Gasteiger partial charge in [-0.15, -0.1) is 0 Å². The number of halogens is 1. The maximum atomic E-state index is 8.00. The van der Waals surface area contributed by atoms with Crippen LogP contribution in [0, 0.1) is 0 Å². The molecule has 0 bridgehead atoms. The van der Waals surface area contributed by atoms with Crippen molar-refractivity contribution in [2.75, 3.05) is 0 Å². The fourth-order valence-electron chi connectivity index (χ4n) is 0. The van der Waals surface area contributed by atoms with Crippen molar-refractivity contribution in [3.05, 3.63) is 0 Å². The summed E-state index contributed by atoms with van der Waals surface area (Å²) in [5.74, 6) is 0. The molecule has 0 unspecified atom stereocenters. The number of carbonyl (C=O) groups excluding carboxylic acids is 3. The third kappa shape index (κ3) is 56800. The van der Waals surface area contributed by atoms with E-state index in [0.717, 1.165) is 0 Å². The van der Waals surface area contributed by atoms with Gasteiger partial charge in [0.25, 0.3) is 0 Å². The van der Waals surface area contributed by atoms with Crippen LogP contribution in [-0.4, -0.2) is 20.4 Å². The molecule has 0 aliphatic rings. The van der Waals surface area contributed by atoms with Crippen molar-refractivity contribution in [2.24, 2.45) is 0 Å². The number of hydrogen-bond donors (Lipinski definition) is 0. The molecule has 0 atom stereocenters. The maximum Gasteiger partial charge on any atom is 0.106 e. The van der Waals surface area contributed by atoms with Crippen LogP contribution < -0.4 is 12.4 Å². The molecule has 0 aliphatic carbocycles. The van der Waals surface area contributed by atoms with Gasteiger partial charge in [-0.05, 0) is 0 Å². The average Bonchev–Trinajstić information content (AvgIpc) is 1.81. The van der Waals surface area contributed by atoms with Crippen LogP contribution in [0.5, 0.6) is 0 Å². The Labute approximate surface area is 67.6 Å². The molecule has 3 nitrogen and oxygen atoms in total. The van der Waals surface area contributed by atoms with Crippen LogP contribution in [0.1, 0.15) is 0 Å². The molecule has 0 saturated carbocycles. The summed E-state index contributed by atoms with van der Waals surface area (Å²) in [4.78, 5) is 24.0. The maximum absolute atomic E-state index is 8.00. The summed E-state index contributed by atoms with van der Waals surface area (Å²) < 4.78 is 0. The standard InChI is InChI=1S/3CH2O.ClH.Ir/c3*1-2;;/h3*1H2;1H;/p-1. The summed E-state index contributed by atoms with van der Waals surface area (Å²) in [6.07, 6.45) is 0. The van der Waals surface area contributed by atoms with Crippen molar-refractivity contribution in [3.63, 3.8) is 0 Å². The predicted molar refractivity (Wildman–Crippen MR) is 21.4 cm³/mol. The van der Waals surface area contributed by atoms with Gasteiger partial charge < -0.3 is 26.8 Å². The van der Waals surface area contributed by atoms with E-state index in [9.17, 15) is 0 Å². The molecular formula is C3H6ClIrO3-. The van der Waals surface area contributed by atoms with Gasteiger partial charge in [0.15, 0.2) is 0 Å². The Morgan fingerprint density at radius 2 is 0.625 bits per heavy atom. The fraction of sp³-hybridized carbons (Fsp3) is 0. The summed E-state index contributed by atoms with van der Waals surface area (Å²) in [5.41, 5.74) is 0. The first-order chi connectivity index (χ1) is 3.00. The predicted octanol–water partition coefficient (Wildman–Crippen LogP) is -3.55. The first-order valence-corrected chi connectivity index (χ1v) is 0.866. The van der Waals surface area contributed by atoms with Gasteiger partial charge in [-0.3, -0.25) is 0 Å². The normalized spacial score (nSPS) is 1.50. The van der Waals surface area contributed by atoms with Gasteiger partial charge in [-0.2, -0.15) is 0 Å². The van der Waals surface area contributed by atoms with E-state index in [1.807, 2.05) is 20.4 Å². The molecular weight excluding hydrogens is 312 g/mol. The van der Waals surface area contributed by atoms with Crippen LogP contribution in [0.3, 0.4) is 0 Å². The summed E-state index contributed by atoms with van der Waals surface area (Å²) in [6, 6.07) is 0. The molecule has 53 valence electrons. The van der Waals surface area contributed by atoms with E-state index in [2.05, 4.69) is 0 Å². The second-order valence-electron chi connectivity index (χ2n) is 0. The zero-order valence-corrected chi connectivity index (χ0v) is 7.21. The Balaban J connectivity index is -0.00000000500. The molecule has 0 fully saturated rings. The van der Waals surface area contributed by atoms with Crippen molar-refractivity contribution in [3.8, 4) is 0 Å². The van der Waals surface area contributed by atoms with Gasteiger partial charge >= 0.3 is 0 Å². The fourth-order valence-corrected chi connectivity index (χ4v) is 0. The van der Waals surface area contributed by atoms with Crippen LogP contribution in [0.4, 0.5) is 0 Å². The van der Waals surface area contributed by atoms with E-state index in [1.54, 1.807) is 0 Å². The van der Waals surface area contributed by atoms with E-state index in [-0.39, 0.29) is 32.5 Å². The first-order valence-electron chi connectivity index (χ1n) is 0.866. The van der Waals surface area contributed by atoms with Crippen LogP contribution in [0.15, 0.2) is 0 Å². The molecule has 0 amide bonds. The van der Waals surface area contributed by atoms with Crippen molar-refractivity contribution in [2.45, 2.75) is 0 Å². The molecule has 0 aromatic carbocycles. The Morgan fingerprint density at radius 3 is 0.625 bits per heavy atom. The minimum absolute atomic E-state index is 0. The third-order valence-corrected chi connectivity index (χ3v) is 0.